The maximum Gasteiger partial charge on any atom is 0.0433 e. The van der Waals surface area contributed by atoms with E-state index >= 15 is 0 Å². The highest BCUT2D eigenvalue weighted by Crippen LogP contribution is 2.15. The molecular formula is C9H21NO2. The van der Waals surface area contributed by atoms with Gasteiger partial charge in [-0.05, 0) is 31.7 Å². The fraction of sp³-hybridized carbons (Fsp3) is 1.00. The second-order valence-electron chi connectivity index (χ2n) is 3.18. The molecule has 0 rings (SSSR count). The van der Waals surface area contributed by atoms with E-state index in [9.17, 15) is 0 Å². The van der Waals surface area contributed by atoms with Crippen molar-refractivity contribution in [2.24, 2.45) is 11.7 Å². The summed E-state index contributed by atoms with van der Waals surface area (Å²) in [5, 5.41) is 17.4. The van der Waals surface area contributed by atoms with E-state index in [-0.39, 0.29) is 13.2 Å². The van der Waals surface area contributed by atoms with Gasteiger partial charge >= 0.3 is 0 Å². The highest BCUT2D eigenvalue weighted by Gasteiger charge is 2.06. The van der Waals surface area contributed by atoms with Crippen molar-refractivity contribution in [2.75, 3.05) is 19.8 Å². The molecule has 0 saturated carbocycles. The average Bonchev–Trinajstić information content (AvgIpc) is 2.06. The Morgan fingerprint density at radius 3 is 1.92 bits per heavy atom. The first kappa shape index (κ1) is 11.9. The molecule has 3 nitrogen and oxygen atoms in total. The van der Waals surface area contributed by atoms with Crippen molar-refractivity contribution in [3.05, 3.63) is 0 Å². The molecular weight excluding hydrogens is 154 g/mol. The summed E-state index contributed by atoms with van der Waals surface area (Å²) in [6, 6.07) is 0. The zero-order chi connectivity index (χ0) is 9.23. The third-order valence-electron chi connectivity index (χ3n) is 2.14. The largest absolute Gasteiger partial charge is 0.396 e. The minimum Gasteiger partial charge on any atom is -0.396 e. The molecule has 0 aliphatic carbocycles. The van der Waals surface area contributed by atoms with Crippen LogP contribution in [0.4, 0.5) is 0 Å². The summed E-state index contributed by atoms with van der Waals surface area (Å²) in [5.41, 5.74) is 5.36. The first-order chi connectivity index (χ1) is 5.85. The minimum absolute atomic E-state index is 0.229. The van der Waals surface area contributed by atoms with E-state index in [0.717, 1.165) is 38.6 Å². The Labute approximate surface area is 74.6 Å². The Kier molecular flexibility index (Phi) is 8.88. The molecule has 0 radical (unpaired) electrons. The second-order valence-corrected chi connectivity index (χ2v) is 3.18. The molecule has 0 amide bonds. The van der Waals surface area contributed by atoms with Crippen molar-refractivity contribution >= 4 is 0 Å². The number of aliphatic hydroxyl groups excluding tert-OH is 2. The van der Waals surface area contributed by atoms with Crippen LogP contribution in [0.3, 0.4) is 0 Å². The molecule has 0 fully saturated rings. The van der Waals surface area contributed by atoms with E-state index < -0.39 is 0 Å². The molecule has 0 aliphatic heterocycles. The molecule has 0 saturated heterocycles. The van der Waals surface area contributed by atoms with Crippen molar-refractivity contribution in [3.63, 3.8) is 0 Å². The number of nitrogens with two attached hydrogens (primary N) is 1. The van der Waals surface area contributed by atoms with Crippen molar-refractivity contribution in [2.45, 2.75) is 32.1 Å². The Bertz CT molecular complexity index is 82.6. The van der Waals surface area contributed by atoms with Gasteiger partial charge in [0.15, 0.2) is 0 Å². The molecule has 0 spiro atoms. The van der Waals surface area contributed by atoms with Crippen LogP contribution in [0.15, 0.2) is 0 Å². The van der Waals surface area contributed by atoms with Gasteiger partial charge in [0.2, 0.25) is 0 Å². The molecule has 0 atom stereocenters. The van der Waals surface area contributed by atoms with Crippen LogP contribution in [0.1, 0.15) is 32.1 Å². The predicted molar refractivity (Wildman–Crippen MR) is 49.8 cm³/mol. The zero-order valence-corrected chi connectivity index (χ0v) is 7.71. The number of aliphatic hydroxyl groups is 2. The topological polar surface area (TPSA) is 66.5 Å². The summed E-state index contributed by atoms with van der Waals surface area (Å²) in [6.07, 6.45) is 4.86. The van der Waals surface area contributed by atoms with E-state index in [1.807, 2.05) is 0 Å². The SMILES string of the molecule is NCCCCC(CCO)CCO. The molecule has 0 aromatic rings. The fourth-order valence-electron chi connectivity index (χ4n) is 1.38. The Balaban J connectivity index is 3.34. The van der Waals surface area contributed by atoms with E-state index in [1.165, 1.54) is 0 Å². The lowest BCUT2D eigenvalue weighted by atomic mass is 9.96. The van der Waals surface area contributed by atoms with Gasteiger partial charge in [-0.25, -0.2) is 0 Å². The van der Waals surface area contributed by atoms with Crippen molar-refractivity contribution in [1.82, 2.24) is 0 Å². The summed E-state index contributed by atoms with van der Waals surface area (Å²) in [5.74, 6) is 0.478. The predicted octanol–water partition coefficient (Wildman–Crippen LogP) is 0.496. The highest BCUT2D eigenvalue weighted by molar-refractivity contribution is 4.58. The van der Waals surface area contributed by atoms with Gasteiger partial charge < -0.3 is 15.9 Å². The van der Waals surface area contributed by atoms with Gasteiger partial charge in [0.05, 0.1) is 0 Å². The summed E-state index contributed by atoms with van der Waals surface area (Å²) in [6.45, 7) is 1.20. The van der Waals surface area contributed by atoms with Gasteiger partial charge in [0.1, 0.15) is 0 Å². The van der Waals surface area contributed by atoms with Crippen LogP contribution < -0.4 is 5.73 Å². The number of unbranched alkanes of at least 4 members (excludes halogenated alkanes) is 1. The standard InChI is InChI=1S/C9H21NO2/c10-6-2-1-3-9(4-7-11)5-8-12/h9,11-12H,1-8,10H2. The lowest BCUT2D eigenvalue weighted by Crippen LogP contribution is -2.07. The third kappa shape index (κ3) is 6.58. The second kappa shape index (κ2) is 8.97. The molecule has 0 aliphatic rings. The molecule has 4 N–H and O–H groups in total. The van der Waals surface area contributed by atoms with E-state index in [1.54, 1.807) is 0 Å². The van der Waals surface area contributed by atoms with Crippen LogP contribution in [0, 0.1) is 5.92 Å². The van der Waals surface area contributed by atoms with Gasteiger partial charge in [0, 0.05) is 13.2 Å². The zero-order valence-electron chi connectivity index (χ0n) is 7.71. The third-order valence-corrected chi connectivity index (χ3v) is 2.14. The summed E-state index contributed by atoms with van der Waals surface area (Å²) in [4.78, 5) is 0. The maximum absolute atomic E-state index is 8.71. The first-order valence-corrected chi connectivity index (χ1v) is 4.77. The molecule has 74 valence electrons. The summed E-state index contributed by atoms with van der Waals surface area (Å²) >= 11 is 0. The molecule has 0 aromatic carbocycles. The van der Waals surface area contributed by atoms with Crippen LogP contribution in [-0.4, -0.2) is 30.0 Å². The minimum atomic E-state index is 0.229. The van der Waals surface area contributed by atoms with Crippen molar-refractivity contribution < 1.29 is 10.2 Å². The smallest absolute Gasteiger partial charge is 0.0433 e. The summed E-state index contributed by atoms with van der Waals surface area (Å²) in [7, 11) is 0. The lowest BCUT2D eigenvalue weighted by molar-refractivity contribution is 0.208. The van der Waals surface area contributed by atoms with Gasteiger partial charge in [0.25, 0.3) is 0 Å². The van der Waals surface area contributed by atoms with Crippen LogP contribution in [-0.2, 0) is 0 Å². The van der Waals surface area contributed by atoms with Gasteiger partial charge in [-0.15, -0.1) is 0 Å². The van der Waals surface area contributed by atoms with E-state index in [0.29, 0.717) is 5.92 Å². The monoisotopic (exact) mass is 175 g/mol. The molecule has 0 heterocycles. The highest BCUT2D eigenvalue weighted by atomic mass is 16.3. The fourth-order valence-corrected chi connectivity index (χ4v) is 1.38. The number of hydrogen-bond acceptors (Lipinski definition) is 3. The van der Waals surface area contributed by atoms with Gasteiger partial charge in [-0.1, -0.05) is 12.8 Å². The number of hydrogen-bond donors (Lipinski definition) is 3. The Hall–Kier alpha value is -0.120. The summed E-state index contributed by atoms with van der Waals surface area (Å²) < 4.78 is 0. The van der Waals surface area contributed by atoms with Gasteiger partial charge in [-0.2, -0.15) is 0 Å². The molecule has 0 bridgehead atoms. The van der Waals surface area contributed by atoms with Crippen LogP contribution in [0.25, 0.3) is 0 Å². The quantitative estimate of drug-likeness (QED) is 0.470. The number of rotatable bonds is 8. The molecule has 3 heteroatoms. The van der Waals surface area contributed by atoms with E-state index in [4.69, 9.17) is 15.9 Å². The maximum atomic E-state index is 8.71. The normalized spacial score (nSPS) is 11.0. The van der Waals surface area contributed by atoms with E-state index in [2.05, 4.69) is 0 Å². The van der Waals surface area contributed by atoms with Crippen molar-refractivity contribution in [1.29, 1.82) is 0 Å². The Morgan fingerprint density at radius 2 is 1.50 bits per heavy atom. The molecule has 0 aromatic heterocycles. The lowest BCUT2D eigenvalue weighted by Gasteiger charge is -2.13. The van der Waals surface area contributed by atoms with Gasteiger partial charge in [-0.3, -0.25) is 0 Å². The average molecular weight is 175 g/mol. The van der Waals surface area contributed by atoms with Crippen LogP contribution in [0.5, 0.6) is 0 Å². The molecule has 12 heavy (non-hydrogen) atoms. The first-order valence-electron chi connectivity index (χ1n) is 4.77. The molecule has 0 unspecified atom stereocenters. The van der Waals surface area contributed by atoms with Crippen molar-refractivity contribution in [3.8, 4) is 0 Å². The Morgan fingerprint density at radius 1 is 0.917 bits per heavy atom. The van der Waals surface area contributed by atoms with Crippen LogP contribution >= 0.6 is 0 Å². The van der Waals surface area contributed by atoms with Crippen LogP contribution in [0.2, 0.25) is 0 Å².